The van der Waals surface area contributed by atoms with E-state index in [1.165, 1.54) is 22.3 Å². The number of carbonyl (C=O) groups is 2. The van der Waals surface area contributed by atoms with Crippen molar-refractivity contribution in [1.29, 1.82) is 0 Å². The summed E-state index contributed by atoms with van der Waals surface area (Å²) in [5, 5.41) is 9.34. The highest BCUT2D eigenvalue weighted by Crippen LogP contribution is 2.44. The van der Waals surface area contributed by atoms with E-state index in [4.69, 9.17) is 4.74 Å². The van der Waals surface area contributed by atoms with Crippen molar-refractivity contribution in [3.63, 3.8) is 0 Å². The lowest BCUT2D eigenvalue weighted by Crippen LogP contribution is -2.46. The molecule has 2 aromatic rings. The second kappa shape index (κ2) is 8.35. The smallest absolute Gasteiger partial charge is 0.409 e. The summed E-state index contributed by atoms with van der Waals surface area (Å²) in [5.74, 6) is -0.943. The molecule has 5 rings (SSSR count). The third-order valence-electron chi connectivity index (χ3n) is 7.08. The highest BCUT2D eigenvalue weighted by Gasteiger charge is 2.36. The molecule has 6 heteroatoms. The molecule has 2 fully saturated rings. The van der Waals surface area contributed by atoms with Crippen molar-refractivity contribution in [2.75, 3.05) is 32.8 Å². The molecule has 6 nitrogen and oxygen atoms in total. The van der Waals surface area contributed by atoms with Gasteiger partial charge in [-0.2, -0.15) is 0 Å². The molecule has 1 aliphatic carbocycles. The number of hydrogen-bond donors (Lipinski definition) is 1. The van der Waals surface area contributed by atoms with Gasteiger partial charge in [0.1, 0.15) is 6.61 Å². The van der Waals surface area contributed by atoms with E-state index in [-0.39, 0.29) is 24.0 Å². The fourth-order valence-electron chi connectivity index (χ4n) is 5.43. The van der Waals surface area contributed by atoms with Gasteiger partial charge < -0.3 is 14.7 Å². The van der Waals surface area contributed by atoms with Crippen LogP contribution in [0.25, 0.3) is 11.1 Å². The van der Waals surface area contributed by atoms with Crippen molar-refractivity contribution in [2.45, 2.75) is 31.2 Å². The van der Waals surface area contributed by atoms with E-state index in [1.54, 1.807) is 4.90 Å². The Kier molecular flexibility index (Phi) is 5.40. The highest BCUT2D eigenvalue weighted by atomic mass is 16.6. The van der Waals surface area contributed by atoms with Crippen molar-refractivity contribution >= 4 is 12.1 Å². The number of carboxylic acids is 1. The molecule has 0 aromatic heterocycles. The number of fused-ring (bicyclic) bond motifs is 3. The second-order valence-corrected chi connectivity index (χ2v) is 8.86. The summed E-state index contributed by atoms with van der Waals surface area (Å²) >= 11 is 0. The molecule has 0 spiro atoms. The maximum Gasteiger partial charge on any atom is 0.409 e. The molecular weight excluding hydrogens is 392 g/mol. The summed E-state index contributed by atoms with van der Waals surface area (Å²) in [7, 11) is 0. The molecule has 2 atom stereocenters. The molecule has 1 amide bonds. The number of carbonyl (C=O) groups excluding carboxylic acids is 1. The number of likely N-dealkylation sites (tertiary alicyclic amines) is 2. The predicted octanol–water partition coefficient (Wildman–Crippen LogP) is 3.81. The van der Waals surface area contributed by atoms with Crippen molar-refractivity contribution in [1.82, 2.24) is 9.80 Å². The first kappa shape index (κ1) is 20.1. The standard InChI is InChI=1S/C25H28N2O4/c28-24(29)17-6-5-12-26(14-17)18-11-13-27(15-18)25(30)31-16-23-21-9-3-1-7-19(21)20-8-2-4-10-22(20)23/h1-4,7-10,17-18,23H,5-6,11-16H2,(H,28,29)/t17-,18-/m0/s1. The summed E-state index contributed by atoms with van der Waals surface area (Å²) in [6, 6.07) is 16.9. The minimum atomic E-state index is -0.712. The SMILES string of the molecule is O=C(O)[C@H]1CCCN([C@H]2CCN(C(=O)OCC3c4ccccc4-c4ccccc43)C2)C1. The first-order valence-corrected chi connectivity index (χ1v) is 11.2. The van der Waals surface area contributed by atoms with Gasteiger partial charge in [0.2, 0.25) is 0 Å². The van der Waals surface area contributed by atoms with Crippen molar-refractivity contribution in [2.24, 2.45) is 5.92 Å². The largest absolute Gasteiger partial charge is 0.481 e. The van der Waals surface area contributed by atoms with E-state index >= 15 is 0 Å². The van der Waals surface area contributed by atoms with Crippen LogP contribution in [0.15, 0.2) is 48.5 Å². The number of benzene rings is 2. The lowest BCUT2D eigenvalue weighted by atomic mass is 9.96. The molecule has 2 aliphatic heterocycles. The first-order valence-electron chi connectivity index (χ1n) is 11.2. The Balaban J connectivity index is 1.21. The van der Waals surface area contributed by atoms with Crippen LogP contribution in [0.3, 0.4) is 0 Å². The summed E-state index contributed by atoms with van der Waals surface area (Å²) < 4.78 is 5.79. The molecule has 3 aliphatic rings. The summed E-state index contributed by atoms with van der Waals surface area (Å²) in [5.41, 5.74) is 4.87. The number of amides is 1. The van der Waals surface area contributed by atoms with Crippen LogP contribution >= 0.6 is 0 Å². The van der Waals surface area contributed by atoms with Crippen LogP contribution < -0.4 is 0 Å². The quantitative estimate of drug-likeness (QED) is 0.815. The van der Waals surface area contributed by atoms with Crippen LogP contribution in [0.1, 0.15) is 36.3 Å². The third-order valence-corrected chi connectivity index (χ3v) is 7.08. The van der Waals surface area contributed by atoms with Gasteiger partial charge in [0.15, 0.2) is 0 Å². The van der Waals surface area contributed by atoms with Gasteiger partial charge in [-0.3, -0.25) is 9.69 Å². The Morgan fingerprint density at radius 2 is 1.61 bits per heavy atom. The summed E-state index contributed by atoms with van der Waals surface area (Å²) in [6.45, 7) is 3.10. The molecule has 0 unspecified atom stereocenters. The van der Waals surface area contributed by atoms with Gasteiger partial charge in [-0.05, 0) is 48.1 Å². The average Bonchev–Trinajstić information content (AvgIpc) is 3.41. The van der Waals surface area contributed by atoms with Crippen LogP contribution in [0.2, 0.25) is 0 Å². The Hall–Kier alpha value is -2.86. The van der Waals surface area contributed by atoms with Gasteiger partial charge in [0.25, 0.3) is 0 Å². The highest BCUT2D eigenvalue weighted by molar-refractivity contribution is 5.79. The van der Waals surface area contributed by atoms with Crippen LogP contribution in [0.5, 0.6) is 0 Å². The molecule has 2 saturated heterocycles. The Morgan fingerprint density at radius 1 is 0.935 bits per heavy atom. The van der Waals surface area contributed by atoms with Crippen molar-refractivity contribution < 1.29 is 19.4 Å². The van der Waals surface area contributed by atoms with Crippen LogP contribution in [-0.2, 0) is 9.53 Å². The molecule has 31 heavy (non-hydrogen) atoms. The fraction of sp³-hybridized carbons (Fsp3) is 0.440. The lowest BCUT2D eigenvalue weighted by Gasteiger charge is -2.35. The Labute approximate surface area is 182 Å². The van der Waals surface area contributed by atoms with Crippen molar-refractivity contribution in [3.8, 4) is 11.1 Å². The van der Waals surface area contributed by atoms with E-state index < -0.39 is 5.97 Å². The van der Waals surface area contributed by atoms with Gasteiger partial charge in [0, 0.05) is 31.6 Å². The number of piperidine rings is 1. The normalized spacial score (nSPS) is 23.4. The van der Waals surface area contributed by atoms with Gasteiger partial charge in [-0.15, -0.1) is 0 Å². The van der Waals surface area contributed by atoms with Gasteiger partial charge in [0.05, 0.1) is 5.92 Å². The second-order valence-electron chi connectivity index (χ2n) is 8.86. The Morgan fingerprint density at radius 3 is 2.29 bits per heavy atom. The zero-order valence-corrected chi connectivity index (χ0v) is 17.6. The topological polar surface area (TPSA) is 70.1 Å². The van der Waals surface area contributed by atoms with E-state index in [1.807, 2.05) is 24.3 Å². The van der Waals surface area contributed by atoms with E-state index in [0.717, 1.165) is 25.8 Å². The zero-order chi connectivity index (χ0) is 21.4. The lowest BCUT2D eigenvalue weighted by molar-refractivity contribution is -0.143. The van der Waals surface area contributed by atoms with Crippen LogP contribution in [-0.4, -0.2) is 65.8 Å². The van der Waals surface area contributed by atoms with Gasteiger partial charge >= 0.3 is 12.1 Å². The van der Waals surface area contributed by atoms with Crippen LogP contribution in [0, 0.1) is 5.92 Å². The van der Waals surface area contributed by atoms with Crippen molar-refractivity contribution in [3.05, 3.63) is 59.7 Å². The molecule has 2 aromatic carbocycles. The number of hydrogen-bond acceptors (Lipinski definition) is 4. The summed E-state index contributed by atoms with van der Waals surface area (Å²) in [4.78, 5) is 28.2. The average molecular weight is 421 g/mol. The first-order chi connectivity index (χ1) is 15.1. The number of aliphatic carboxylic acids is 1. The molecule has 1 N–H and O–H groups in total. The predicted molar refractivity (Wildman–Crippen MR) is 117 cm³/mol. The number of nitrogens with zero attached hydrogens (tertiary/aromatic N) is 2. The van der Waals surface area contributed by atoms with E-state index in [0.29, 0.717) is 26.2 Å². The third kappa shape index (κ3) is 3.81. The Bertz CT molecular complexity index is 945. The maximum absolute atomic E-state index is 12.8. The molecular formula is C25H28N2O4. The number of ether oxygens (including phenoxy) is 1. The minimum absolute atomic E-state index is 0.0631. The molecule has 162 valence electrons. The summed E-state index contributed by atoms with van der Waals surface area (Å²) in [6.07, 6.45) is 2.25. The molecule has 0 saturated carbocycles. The molecule has 2 heterocycles. The molecule has 0 radical (unpaired) electrons. The fourth-order valence-corrected chi connectivity index (χ4v) is 5.43. The number of rotatable bonds is 4. The van der Waals surface area contributed by atoms with E-state index in [9.17, 15) is 14.7 Å². The number of carboxylic acid groups (broad SMARTS) is 1. The van der Waals surface area contributed by atoms with Crippen LogP contribution in [0.4, 0.5) is 4.79 Å². The van der Waals surface area contributed by atoms with Gasteiger partial charge in [-0.25, -0.2) is 4.79 Å². The zero-order valence-electron chi connectivity index (χ0n) is 17.6. The molecule has 0 bridgehead atoms. The minimum Gasteiger partial charge on any atom is -0.481 e. The van der Waals surface area contributed by atoms with E-state index in [2.05, 4.69) is 29.2 Å². The van der Waals surface area contributed by atoms with Gasteiger partial charge in [-0.1, -0.05) is 48.5 Å². The maximum atomic E-state index is 12.8. The monoisotopic (exact) mass is 420 g/mol.